The molecule has 0 spiro atoms. The van der Waals surface area contributed by atoms with Gasteiger partial charge < -0.3 is 39.4 Å². The zero-order valence-corrected chi connectivity index (χ0v) is 35.3. The number of carbonyl (C=O) groups is 2. The first-order valence-corrected chi connectivity index (χ1v) is 22.1. The lowest BCUT2D eigenvalue weighted by atomic mass is 9.99. The maximum Gasteiger partial charge on any atom is 0.306 e. The van der Waals surface area contributed by atoms with E-state index < -0.39 is 55.4 Å². The third-order valence-electron chi connectivity index (χ3n) is 9.67. The second-order valence-electron chi connectivity index (χ2n) is 14.9. The van der Waals surface area contributed by atoms with E-state index in [1.165, 1.54) is 57.8 Å². The van der Waals surface area contributed by atoms with Crippen LogP contribution in [0.5, 0.6) is 0 Å². The maximum absolute atomic E-state index is 12.7. The summed E-state index contributed by atoms with van der Waals surface area (Å²) in [6, 6.07) is 0. The Morgan fingerprint density at radius 3 is 1.75 bits per heavy atom. The van der Waals surface area contributed by atoms with Gasteiger partial charge in [0, 0.05) is 12.8 Å². The van der Waals surface area contributed by atoms with Gasteiger partial charge in [0.15, 0.2) is 12.4 Å². The fourth-order valence-electron chi connectivity index (χ4n) is 6.18. The minimum atomic E-state index is -1.61. The van der Waals surface area contributed by atoms with Crippen molar-refractivity contribution in [2.24, 2.45) is 0 Å². The molecule has 0 radical (unpaired) electrons. The number of rotatable bonds is 35. The molecule has 0 bridgehead atoms. The van der Waals surface area contributed by atoms with Gasteiger partial charge in [-0.2, -0.15) is 0 Å². The standard InChI is InChI=1S/C47H78O10/c1-3-5-7-9-11-13-15-17-19-20-22-23-25-27-29-31-33-35-42(49)54-38-40(39-55-47-46(53)45(52)44(51)41(37-48)57-47)56-43(50)36-34-32-30-28-26-24-21-18-16-14-12-10-8-6-4-2/h6,8,10,12,14,16,18,21-23,27,29,40-41,44-48,51-53H,3-5,7,9,11,13,15,17,19-20,24-26,28,30-39H2,1-2H3/b8-6+,12-10+,16-14+,21-18+,23-22+,29-27+/t40-,41-,44+,45?,46?,47-/m0/s1. The fraction of sp³-hybridized carbons (Fsp3) is 0.702. The number of esters is 2. The van der Waals surface area contributed by atoms with Crippen molar-refractivity contribution >= 4 is 11.9 Å². The molecule has 0 amide bonds. The molecule has 1 aliphatic rings. The summed E-state index contributed by atoms with van der Waals surface area (Å²) in [5, 5.41) is 40.0. The van der Waals surface area contributed by atoms with Gasteiger partial charge in [-0.25, -0.2) is 0 Å². The van der Waals surface area contributed by atoms with Gasteiger partial charge in [0.1, 0.15) is 31.0 Å². The highest BCUT2D eigenvalue weighted by Gasteiger charge is 2.44. The highest BCUT2D eigenvalue weighted by Crippen LogP contribution is 2.22. The van der Waals surface area contributed by atoms with E-state index in [9.17, 15) is 30.0 Å². The highest BCUT2D eigenvalue weighted by molar-refractivity contribution is 5.70. The number of hydrogen-bond donors (Lipinski definition) is 4. The topological polar surface area (TPSA) is 152 Å². The summed E-state index contributed by atoms with van der Waals surface area (Å²) in [6.07, 6.45) is 39.1. The van der Waals surface area contributed by atoms with Crippen LogP contribution in [0.2, 0.25) is 0 Å². The van der Waals surface area contributed by atoms with Gasteiger partial charge >= 0.3 is 11.9 Å². The number of hydrogen-bond acceptors (Lipinski definition) is 10. The molecule has 1 fully saturated rings. The smallest absolute Gasteiger partial charge is 0.306 e. The Labute approximate surface area is 344 Å². The van der Waals surface area contributed by atoms with Crippen LogP contribution in [0.1, 0.15) is 155 Å². The predicted molar refractivity (Wildman–Crippen MR) is 228 cm³/mol. The lowest BCUT2D eigenvalue weighted by Crippen LogP contribution is -2.59. The zero-order valence-electron chi connectivity index (χ0n) is 35.3. The molecule has 6 atom stereocenters. The number of aliphatic hydroxyl groups is 4. The number of ether oxygens (including phenoxy) is 4. The van der Waals surface area contributed by atoms with Gasteiger partial charge in [-0.3, -0.25) is 9.59 Å². The molecule has 0 aromatic rings. The first-order chi connectivity index (χ1) is 27.8. The number of carbonyl (C=O) groups excluding carboxylic acids is 2. The fourth-order valence-corrected chi connectivity index (χ4v) is 6.18. The largest absolute Gasteiger partial charge is 0.462 e. The monoisotopic (exact) mass is 803 g/mol. The third-order valence-corrected chi connectivity index (χ3v) is 9.67. The Balaban J connectivity index is 2.39. The van der Waals surface area contributed by atoms with Crippen molar-refractivity contribution in [3.63, 3.8) is 0 Å². The minimum absolute atomic E-state index is 0.191. The van der Waals surface area contributed by atoms with Gasteiger partial charge in [-0.05, 0) is 57.8 Å². The number of allylic oxidation sites excluding steroid dienone is 12. The van der Waals surface area contributed by atoms with Crippen LogP contribution in [-0.2, 0) is 28.5 Å². The lowest BCUT2D eigenvalue weighted by molar-refractivity contribution is -0.305. The van der Waals surface area contributed by atoms with E-state index in [4.69, 9.17) is 18.9 Å². The number of aliphatic hydroxyl groups excluding tert-OH is 4. The lowest BCUT2D eigenvalue weighted by Gasteiger charge is -2.39. The molecule has 0 aromatic carbocycles. The van der Waals surface area contributed by atoms with E-state index in [1.54, 1.807) is 0 Å². The molecule has 0 saturated carbocycles. The minimum Gasteiger partial charge on any atom is -0.462 e. The second kappa shape index (κ2) is 37.4. The van der Waals surface area contributed by atoms with Crippen LogP contribution in [0.15, 0.2) is 72.9 Å². The van der Waals surface area contributed by atoms with Crippen molar-refractivity contribution in [2.75, 3.05) is 19.8 Å². The van der Waals surface area contributed by atoms with Crippen LogP contribution < -0.4 is 0 Å². The predicted octanol–water partition coefficient (Wildman–Crippen LogP) is 9.22. The molecular formula is C47H78O10. The maximum atomic E-state index is 12.7. The van der Waals surface area contributed by atoms with Crippen LogP contribution in [0.3, 0.4) is 0 Å². The summed E-state index contributed by atoms with van der Waals surface area (Å²) >= 11 is 0. The van der Waals surface area contributed by atoms with Crippen LogP contribution in [0.4, 0.5) is 0 Å². The van der Waals surface area contributed by atoms with Crippen LogP contribution >= 0.6 is 0 Å². The molecule has 10 nitrogen and oxygen atoms in total. The summed E-state index contributed by atoms with van der Waals surface area (Å²) in [7, 11) is 0. The molecule has 326 valence electrons. The Morgan fingerprint density at radius 1 is 0.579 bits per heavy atom. The normalized spacial score (nSPS) is 21.0. The Kier molecular flexibility index (Phi) is 34.2. The van der Waals surface area contributed by atoms with Crippen LogP contribution in [0.25, 0.3) is 0 Å². The van der Waals surface area contributed by atoms with Gasteiger partial charge in [-0.1, -0.05) is 157 Å². The molecule has 1 rings (SSSR count). The summed E-state index contributed by atoms with van der Waals surface area (Å²) in [5.74, 6) is -0.893. The van der Waals surface area contributed by atoms with Crippen molar-refractivity contribution in [2.45, 2.75) is 192 Å². The quantitative estimate of drug-likeness (QED) is 0.0211. The summed E-state index contributed by atoms with van der Waals surface area (Å²) in [5.41, 5.74) is 0. The molecule has 4 N–H and O–H groups in total. The zero-order chi connectivity index (χ0) is 41.6. The van der Waals surface area contributed by atoms with E-state index in [-0.39, 0.29) is 26.1 Å². The third kappa shape index (κ3) is 29.1. The Hall–Kier alpha value is -2.86. The molecule has 57 heavy (non-hydrogen) atoms. The average Bonchev–Trinajstić information content (AvgIpc) is 3.21. The summed E-state index contributed by atoms with van der Waals surface area (Å²) in [4.78, 5) is 25.3. The van der Waals surface area contributed by atoms with Gasteiger partial charge in [0.25, 0.3) is 0 Å². The SMILES string of the molecule is CC/C=C/C=C/C=C/C=C/CCCCCCCC(=O)O[C@@H](COC(=O)CCC/C=C/C/C=C/CCCCCCCCCCC)CO[C@H]1O[C@@H](CO)[C@@H](O)C(O)C1O. The van der Waals surface area contributed by atoms with Gasteiger partial charge in [0.05, 0.1) is 13.2 Å². The van der Waals surface area contributed by atoms with Crippen molar-refractivity contribution in [1.29, 1.82) is 0 Å². The highest BCUT2D eigenvalue weighted by atomic mass is 16.7. The van der Waals surface area contributed by atoms with E-state index in [2.05, 4.69) is 56.4 Å². The Morgan fingerprint density at radius 2 is 1.12 bits per heavy atom. The summed E-state index contributed by atoms with van der Waals surface area (Å²) < 4.78 is 22.1. The first kappa shape index (κ1) is 52.2. The van der Waals surface area contributed by atoms with Gasteiger partial charge in [-0.15, -0.1) is 0 Å². The molecule has 10 heteroatoms. The molecule has 0 aromatic heterocycles. The van der Waals surface area contributed by atoms with Crippen molar-refractivity contribution in [3.05, 3.63) is 72.9 Å². The molecule has 1 aliphatic heterocycles. The van der Waals surface area contributed by atoms with E-state index in [0.717, 1.165) is 57.8 Å². The molecule has 2 unspecified atom stereocenters. The molecule has 1 saturated heterocycles. The molecule has 1 heterocycles. The van der Waals surface area contributed by atoms with Crippen LogP contribution in [0, 0.1) is 0 Å². The van der Waals surface area contributed by atoms with E-state index in [1.807, 2.05) is 30.4 Å². The van der Waals surface area contributed by atoms with E-state index in [0.29, 0.717) is 12.8 Å². The van der Waals surface area contributed by atoms with Gasteiger partial charge in [0.2, 0.25) is 0 Å². The molecule has 0 aliphatic carbocycles. The first-order valence-electron chi connectivity index (χ1n) is 22.1. The van der Waals surface area contributed by atoms with Crippen LogP contribution in [-0.4, -0.2) is 89.0 Å². The van der Waals surface area contributed by atoms with Crippen molar-refractivity contribution < 1.29 is 49.0 Å². The molecular weight excluding hydrogens is 725 g/mol. The second-order valence-corrected chi connectivity index (χ2v) is 14.9. The number of unbranched alkanes of at least 4 members (excludes halogenated alkanes) is 15. The van der Waals surface area contributed by atoms with Crippen molar-refractivity contribution in [1.82, 2.24) is 0 Å². The van der Waals surface area contributed by atoms with Crippen molar-refractivity contribution in [3.8, 4) is 0 Å². The Bertz CT molecular complexity index is 1160. The average molecular weight is 803 g/mol. The summed E-state index contributed by atoms with van der Waals surface area (Å²) in [6.45, 7) is 3.20. The van der Waals surface area contributed by atoms with E-state index >= 15 is 0 Å².